The third-order valence-electron chi connectivity index (χ3n) is 2.88. The van der Waals surface area contributed by atoms with Gasteiger partial charge in [-0.25, -0.2) is 4.68 Å². The summed E-state index contributed by atoms with van der Waals surface area (Å²) in [5, 5.41) is 17.3. The lowest BCUT2D eigenvalue weighted by molar-refractivity contribution is 0.102. The number of aryl methyl sites for hydroxylation is 1. The van der Waals surface area contributed by atoms with Gasteiger partial charge in [-0.2, -0.15) is 0 Å². The highest BCUT2D eigenvalue weighted by molar-refractivity contribution is 6.05. The van der Waals surface area contributed by atoms with Crippen LogP contribution in [0.1, 0.15) is 16.2 Å². The lowest BCUT2D eigenvalue weighted by Crippen LogP contribution is -2.14. The molecular formula is C13H12N6O3. The Morgan fingerprint density at radius 3 is 2.95 bits per heavy atom. The molecule has 3 rings (SSSR count). The summed E-state index contributed by atoms with van der Waals surface area (Å²) in [6.07, 6.45) is 1.37. The first-order valence-electron chi connectivity index (χ1n) is 6.39. The van der Waals surface area contributed by atoms with E-state index >= 15 is 0 Å². The molecule has 0 aliphatic rings. The molecule has 0 spiro atoms. The summed E-state index contributed by atoms with van der Waals surface area (Å²) in [4.78, 5) is 12.2. The van der Waals surface area contributed by atoms with Crippen LogP contribution in [0.2, 0.25) is 0 Å². The first-order valence-corrected chi connectivity index (χ1v) is 6.39. The highest BCUT2D eigenvalue weighted by Crippen LogP contribution is 2.20. The summed E-state index contributed by atoms with van der Waals surface area (Å²) >= 11 is 0. The van der Waals surface area contributed by atoms with Crippen molar-refractivity contribution in [2.75, 3.05) is 5.32 Å². The molecule has 0 aliphatic heterocycles. The Kier molecular flexibility index (Phi) is 3.77. The fraction of sp³-hybridized carbons (Fsp3) is 0.154. The predicted molar refractivity (Wildman–Crippen MR) is 74.0 cm³/mol. The maximum Gasteiger partial charge on any atom is 0.260 e. The Morgan fingerprint density at radius 1 is 1.36 bits per heavy atom. The Balaban J connectivity index is 1.74. The summed E-state index contributed by atoms with van der Waals surface area (Å²) in [6, 6.07) is 8.42. The Labute approximate surface area is 124 Å². The molecule has 1 N–H and O–H groups in total. The monoisotopic (exact) mass is 300 g/mol. The van der Waals surface area contributed by atoms with Gasteiger partial charge in [0.05, 0.1) is 5.56 Å². The van der Waals surface area contributed by atoms with E-state index in [0.717, 1.165) is 0 Å². The molecule has 2 aromatic heterocycles. The number of ether oxygens (including phenoxy) is 1. The lowest BCUT2D eigenvalue weighted by Gasteiger charge is -2.10. The molecule has 0 saturated carbocycles. The van der Waals surface area contributed by atoms with Gasteiger partial charge in [-0.05, 0) is 22.6 Å². The number of hydrogen-bond donors (Lipinski definition) is 1. The standard InChI is InChI=1S/C13H12N6O3/c1-19-12(15-17-18-19)8-21-10-5-3-2-4-9(10)13(20)14-11-6-7-22-16-11/h2-7H,8H2,1H3,(H,14,16,20). The second kappa shape index (κ2) is 6.04. The van der Waals surface area contributed by atoms with Crippen molar-refractivity contribution in [1.29, 1.82) is 0 Å². The van der Waals surface area contributed by atoms with Crippen LogP contribution in [-0.2, 0) is 13.7 Å². The fourth-order valence-electron chi connectivity index (χ4n) is 1.75. The second-order valence-corrected chi connectivity index (χ2v) is 4.34. The SMILES string of the molecule is Cn1nnnc1COc1ccccc1C(=O)Nc1ccon1. The smallest absolute Gasteiger partial charge is 0.260 e. The van der Waals surface area contributed by atoms with Crippen LogP contribution >= 0.6 is 0 Å². The molecule has 1 amide bonds. The fourth-order valence-corrected chi connectivity index (χ4v) is 1.75. The van der Waals surface area contributed by atoms with E-state index in [1.54, 1.807) is 37.4 Å². The maximum atomic E-state index is 12.2. The molecular weight excluding hydrogens is 288 g/mol. The first-order chi connectivity index (χ1) is 10.7. The van der Waals surface area contributed by atoms with Crippen LogP contribution in [0.5, 0.6) is 5.75 Å². The second-order valence-electron chi connectivity index (χ2n) is 4.34. The van der Waals surface area contributed by atoms with Gasteiger partial charge in [0, 0.05) is 13.1 Å². The third kappa shape index (κ3) is 2.92. The van der Waals surface area contributed by atoms with Crippen LogP contribution < -0.4 is 10.1 Å². The van der Waals surface area contributed by atoms with Crippen molar-refractivity contribution in [1.82, 2.24) is 25.4 Å². The average molecular weight is 300 g/mol. The van der Waals surface area contributed by atoms with Crippen LogP contribution in [0, 0.1) is 0 Å². The molecule has 0 fully saturated rings. The molecule has 112 valence electrons. The highest BCUT2D eigenvalue weighted by atomic mass is 16.5. The normalized spacial score (nSPS) is 10.4. The van der Waals surface area contributed by atoms with E-state index in [0.29, 0.717) is 23.0 Å². The third-order valence-corrected chi connectivity index (χ3v) is 2.88. The zero-order valence-electron chi connectivity index (χ0n) is 11.6. The van der Waals surface area contributed by atoms with Gasteiger partial charge < -0.3 is 14.6 Å². The van der Waals surface area contributed by atoms with Crippen molar-refractivity contribution in [3.63, 3.8) is 0 Å². The summed E-state index contributed by atoms with van der Waals surface area (Å²) in [6.45, 7) is 0.151. The summed E-state index contributed by atoms with van der Waals surface area (Å²) in [5.74, 6) is 0.955. The first kappa shape index (κ1) is 13.7. The largest absolute Gasteiger partial charge is 0.485 e. The van der Waals surface area contributed by atoms with Gasteiger partial charge >= 0.3 is 0 Å². The summed E-state index contributed by atoms with van der Waals surface area (Å²) in [5.41, 5.74) is 0.376. The lowest BCUT2D eigenvalue weighted by atomic mass is 10.2. The summed E-state index contributed by atoms with van der Waals surface area (Å²) < 4.78 is 11.8. The zero-order chi connectivity index (χ0) is 15.4. The minimum atomic E-state index is -0.347. The number of nitrogens with zero attached hydrogens (tertiary/aromatic N) is 5. The number of anilines is 1. The van der Waals surface area contributed by atoms with E-state index < -0.39 is 0 Å². The minimum Gasteiger partial charge on any atom is -0.485 e. The van der Waals surface area contributed by atoms with E-state index in [1.807, 2.05) is 0 Å². The molecule has 0 radical (unpaired) electrons. The molecule has 22 heavy (non-hydrogen) atoms. The number of nitrogens with one attached hydrogen (secondary N) is 1. The number of tetrazole rings is 1. The molecule has 0 aliphatic carbocycles. The molecule has 2 heterocycles. The van der Waals surface area contributed by atoms with Crippen LogP contribution in [0.4, 0.5) is 5.82 Å². The number of carbonyl (C=O) groups excluding carboxylic acids is 1. The van der Waals surface area contributed by atoms with Crippen molar-refractivity contribution < 1.29 is 14.1 Å². The van der Waals surface area contributed by atoms with Gasteiger partial charge in [0.25, 0.3) is 5.91 Å². The molecule has 9 heteroatoms. The van der Waals surface area contributed by atoms with Crippen molar-refractivity contribution in [2.24, 2.45) is 7.05 Å². The number of hydrogen-bond acceptors (Lipinski definition) is 7. The van der Waals surface area contributed by atoms with E-state index in [-0.39, 0.29) is 12.5 Å². The van der Waals surface area contributed by atoms with Crippen LogP contribution in [-0.4, -0.2) is 31.3 Å². The van der Waals surface area contributed by atoms with Crippen LogP contribution in [0.15, 0.2) is 41.1 Å². The van der Waals surface area contributed by atoms with Gasteiger partial charge in [0.2, 0.25) is 0 Å². The average Bonchev–Trinajstić information content (AvgIpc) is 3.17. The molecule has 0 bridgehead atoms. The summed E-state index contributed by atoms with van der Waals surface area (Å²) in [7, 11) is 1.71. The molecule has 9 nitrogen and oxygen atoms in total. The number of para-hydroxylation sites is 1. The molecule has 0 saturated heterocycles. The van der Waals surface area contributed by atoms with Crippen molar-refractivity contribution >= 4 is 11.7 Å². The molecule has 0 atom stereocenters. The highest BCUT2D eigenvalue weighted by Gasteiger charge is 2.14. The zero-order valence-corrected chi connectivity index (χ0v) is 11.6. The number of carbonyl (C=O) groups is 1. The Hall–Kier alpha value is -3.23. The van der Waals surface area contributed by atoms with Gasteiger partial charge in [0.15, 0.2) is 11.6 Å². The predicted octanol–water partition coefficient (Wildman–Crippen LogP) is 1.03. The minimum absolute atomic E-state index is 0.151. The number of aromatic nitrogens is 5. The topological polar surface area (TPSA) is 108 Å². The maximum absolute atomic E-state index is 12.2. The molecule has 3 aromatic rings. The van der Waals surface area contributed by atoms with Crippen molar-refractivity contribution in [3.05, 3.63) is 48.0 Å². The van der Waals surface area contributed by atoms with Crippen molar-refractivity contribution in [3.8, 4) is 5.75 Å². The van der Waals surface area contributed by atoms with Gasteiger partial charge in [-0.15, -0.1) is 5.10 Å². The van der Waals surface area contributed by atoms with E-state index in [4.69, 9.17) is 4.74 Å². The van der Waals surface area contributed by atoms with E-state index in [9.17, 15) is 4.79 Å². The van der Waals surface area contributed by atoms with E-state index in [1.165, 1.54) is 10.9 Å². The molecule has 1 aromatic carbocycles. The van der Waals surface area contributed by atoms with Crippen molar-refractivity contribution in [2.45, 2.75) is 6.61 Å². The van der Waals surface area contributed by atoms with E-state index in [2.05, 4.69) is 30.5 Å². The van der Waals surface area contributed by atoms with Gasteiger partial charge in [0.1, 0.15) is 18.6 Å². The van der Waals surface area contributed by atoms with Crippen LogP contribution in [0.3, 0.4) is 0 Å². The van der Waals surface area contributed by atoms with Crippen LogP contribution in [0.25, 0.3) is 0 Å². The van der Waals surface area contributed by atoms with Gasteiger partial charge in [-0.3, -0.25) is 4.79 Å². The number of benzene rings is 1. The number of amides is 1. The number of rotatable bonds is 5. The molecule has 0 unspecified atom stereocenters. The Bertz CT molecular complexity index is 768. The Morgan fingerprint density at radius 2 is 2.23 bits per heavy atom. The quantitative estimate of drug-likeness (QED) is 0.749. The van der Waals surface area contributed by atoms with Gasteiger partial charge in [-0.1, -0.05) is 17.3 Å².